The maximum Gasteiger partial charge on any atom is 0.406 e. The molecule has 0 radical (unpaired) electrons. The zero-order valence-electron chi connectivity index (χ0n) is 44.5. The summed E-state index contributed by atoms with van der Waals surface area (Å²) in [6, 6.07) is 5.29. The molecule has 8 rings (SSSR count). The Morgan fingerprint density at radius 3 is 2.47 bits per heavy atom. The number of pyridine rings is 1. The number of thiazole rings is 1. The topological polar surface area (TPSA) is 175 Å². The van der Waals surface area contributed by atoms with Crippen molar-refractivity contribution < 1.29 is 46.6 Å². The van der Waals surface area contributed by atoms with Crippen LogP contribution in [0.15, 0.2) is 54.1 Å². The first-order chi connectivity index (χ1) is 35.5. The van der Waals surface area contributed by atoms with Crippen LogP contribution in [0.5, 0.6) is 0 Å². The lowest BCUT2D eigenvalue weighted by molar-refractivity contribution is -0.155. The van der Waals surface area contributed by atoms with E-state index in [1.807, 2.05) is 69.1 Å². The van der Waals surface area contributed by atoms with E-state index in [1.165, 1.54) is 32.9 Å². The number of alkyl halides is 3. The van der Waals surface area contributed by atoms with Gasteiger partial charge in [0.15, 0.2) is 0 Å². The number of likely N-dealkylation sites (N-methyl/N-ethyl adjacent to an activating group) is 2. The third kappa shape index (κ3) is 12.4. The summed E-state index contributed by atoms with van der Waals surface area (Å²) in [4.78, 5) is 86.8. The van der Waals surface area contributed by atoms with Gasteiger partial charge < -0.3 is 39.0 Å². The molecule has 21 heteroatoms. The lowest BCUT2D eigenvalue weighted by Crippen LogP contribution is -2.64. The minimum atomic E-state index is -4.60. The number of fused-ring (bicyclic) bond motifs is 6. The van der Waals surface area contributed by atoms with Crippen molar-refractivity contribution in [3.8, 4) is 22.5 Å². The summed E-state index contributed by atoms with van der Waals surface area (Å²) in [7, 11) is 7.00. The quantitative estimate of drug-likeness (QED) is 0.119. The molecule has 0 aliphatic carbocycles. The maximum absolute atomic E-state index is 14.7. The van der Waals surface area contributed by atoms with Crippen molar-refractivity contribution in [2.24, 2.45) is 16.7 Å². The highest BCUT2D eigenvalue weighted by Crippen LogP contribution is 2.44. The van der Waals surface area contributed by atoms with Crippen LogP contribution in [0.2, 0.25) is 0 Å². The van der Waals surface area contributed by atoms with Crippen molar-refractivity contribution in [3.63, 3.8) is 0 Å². The summed E-state index contributed by atoms with van der Waals surface area (Å²) < 4.78 is 57.1. The highest BCUT2D eigenvalue weighted by molar-refractivity contribution is 7.10. The number of piperidine rings is 1. The third-order valence-electron chi connectivity index (χ3n) is 15.0. The average Bonchev–Trinajstić information content (AvgIpc) is 3.94. The number of urea groups is 1. The van der Waals surface area contributed by atoms with Crippen molar-refractivity contribution in [2.45, 2.75) is 110 Å². The van der Waals surface area contributed by atoms with Crippen LogP contribution in [0.3, 0.4) is 0 Å². The van der Waals surface area contributed by atoms with Gasteiger partial charge in [0, 0.05) is 110 Å². The number of aromatic nitrogens is 3. The van der Waals surface area contributed by atoms with E-state index in [-0.39, 0.29) is 49.3 Å². The number of esters is 1. The molecule has 6 bridgehead atoms. The van der Waals surface area contributed by atoms with Gasteiger partial charge in [-0.25, -0.2) is 15.2 Å². The Labute approximate surface area is 440 Å². The molecule has 0 saturated carbocycles. The van der Waals surface area contributed by atoms with Gasteiger partial charge in [0.1, 0.15) is 24.7 Å². The molecule has 2 N–H and O–H groups in total. The van der Waals surface area contributed by atoms with Gasteiger partial charge in [0.05, 0.1) is 34.8 Å². The fourth-order valence-corrected chi connectivity index (χ4v) is 11.8. The predicted molar refractivity (Wildman–Crippen MR) is 279 cm³/mol. The highest BCUT2D eigenvalue weighted by Gasteiger charge is 2.48. The van der Waals surface area contributed by atoms with E-state index in [0.29, 0.717) is 95.2 Å². The molecule has 3 fully saturated rings. The molecule has 7 heterocycles. The molecule has 4 aliphatic heterocycles. The van der Waals surface area contributed by atoms with Crippen molar-refractivity contribution in [2.75, 3.05) is 74.1 Å². The van der Waals surface area contributed by atoms with E-state index < -0.39 is 60.1 Å². The normalized spacial score (nSPS) is 21.1. The van der Waals surface area contributed by atoms with Crippen molar-refractivity contribution >= 4 is 52.0 Å². The SMILES string of the molecule is CO[C@@H](C)c1ncccc1-c1c2c3cc(ccc3n1CC(F)(F)F)-c1csc(n1)C[C@H](NC(=O)[C@H](C(C)C)N(C)C(=O)N1CCC3(CC1)CN(C(=O)/C=C/CN(C)C)C3)C(=O)N1CCC[C@H](N1)C(=O)OCC(C)(C)C2. The number of cyclic esters (lactones) is 1. The summed E-state index contributed by atoms with van der Waals surface area (Å²) in [5.74, 6) is -2.01. The monoisotopic (exact) mass is 1060 g/mol. The molecule has 3 aromatic heterocycles. The molecular weight excluding hydrogens is 990 g/mol. The van der Waals surface area contributed by atoms with Crippen LogP contribution in [-0.2, 0) is 48.0 Å². The smallest absolute Gasteiger partial charge is 0.406 e. The number of nitrogens with one attached hydrogen (secondary N) is 2. The number of benzene rings is 1. The van der Waals surface area contributed by atoms with Crippen LogP contribution in [0.1, 0.15) is 82.7 Å². The van der Waals surface area contributed by atoms with E-state index in [9.17, 15) is 37.1 Å². The number of hydrogen-bond acceptors (Lipinski definition) is 12. The Balaban J connectivity index is 1.09. The Hall–Kier alpha value is -5.90. The van der Waals surface area contributed by atoms with E-state index in [0.717, 1.165) is 12.8 Å². The molecule has 4 aliphatic rings. The van der Waals surface area contributed by atoms with Crippen LogP contribution < -0.4 is 10.7 Å². The largest absolute Gasteiger partial charge is 0.464 e. The Bertz CT molecular complexity index is 2790. The number of likely N-dealkylation sites (tertiary alicyclic amines) is 2. The molecule has 1 aromatic carbocycles. The molecule has 75 heavy (non-hydrogen) atoms. The number of hydrogen-bond donors (Lipinski definition) is 2. The van der Waals surface area contributed by atoms with Crippen LogP contribution in [0.25, 0.3) is 33.4 Å². The van der Waals surface area contributed by atoms with Gasteiger partial charge in [-0.2, -0.15) is 13.2 Å². The van der Waals surface area contributed by atoms with E-state index in [4.69, 9.17) is 14.5 Å². The minimum absolute atomic E-state index is 0.0165. The zero-order valence-corrected chi connectivity index (χ0v) is 45.3. The fourth-order valence-electron chi connectivity index (χ4n) is 11.0. The number of carbonyl (C=O) groups excluding carboxylic acids is 5. The van der Waals surface area contributed by atoms with Crippen LogP contribution >= 0.6 is 11.3 Å². The molecule has 4 aromatic rings. The molecule has 1 spiro atoms. The van der Waals surface area contributed by atoms with Crippen molar-refractivity contribution in [1.82, 2.24) is 49.9 Å². The zero-order chi connectivity index (χ0) is 54.1. The number of ether oxygens (including phenoxy) is 2. The second kappa shape index (κ2) is 22.4. The van der Waals surface area contributed by atoms with Gasteiger partial charge in [0.2, 0.25) is 11.8 Å². The maximum atomic E-state index is 14.7. The first kappa shape index (κ1) is 55.3. The van der Waals surface area contributed by atoms with Crippen molar-refractivity contribution in [1.29, 1.82) is 0 Å². The van der Waals surface area contributed by atoms with Crippen LogP contribution in [0, 0.1) is 16.7 Å². The molecule has 17 nitrogen and oxygen atoms in total. The van der Waals surface area contributed by atoms with Gasteiger partial charge in [-0.1, -0.05) is 39.8 Å². The first-order valence-corrected chi connectivity index (χ1v) is 26.7. The van der Waals surface area contributed by atoms with Gasteiger partial charge >= 0.3 is 18.2 Å². The lowest BCUT2D eigenvalue weighted by Gasteiger charge is -2.54. The summed E-state index contributed by atoms with van der Waals surface area (Å²) in [6.45, 7) is 11.0. The predicted octanol–water partition coefficient (Wildman–Crippen LogP) is 6.86. The van der Waals surface area contributed by atoms with Gasteiger partial charge in [-0.3, -0.25) is 29.2 Å². The molecule has 5 amide bonds. The molecule has 0 unspecified atom stereocenters. The second-order valence-corrected chi connectivity index (χ2v) is 23.1. The average molecular weight is 1060 g/mol. The fraction of sp³-hybridized carbons (Fsp3) is 0.574. The summed E-state index contributed by atoms with van der Waals surface area (Å²) in [5, 5.41) is 7.22. The molecule has 3 saturated heterocycles. The first-order valence-electron chi connectivity index (χ1n) is 25.8. The van der Waals surface area contributed by atoms with Crippen LogP contribution in [0.4, 0.5) is 18.0 Å². The Morgan fingerprint density at radius 2 is 1.79 bits per heavy atom. The lowest BCUT2D eigenvalue weighted by atomic mass is 9.72. The molecule has 406 valence electrons. The van der Waals surface area contributed by atoms with Crippen LogP contribution in [-0.4, -0.2) is 167 Å². The van der Waals surface area contributed by atoms with Gasteiger partial charge in [-0.15, -0.1) is 11.3 Å². The number of methoxy groups -OCH3 is 1. The minimum Gasteiger partial charge on any atom is -0.464 e. The van der Waals surface area contributed by atoms with E-state index in [2.05, 4.69) is 15.7 Å². The summed E-state index contributed by atoms with van der Waals surface area (Å²) in [5.41, 5.74) is 5.58. The second-order valence-electron chi connectivity index (χ2n) is 22.2. The molecular formula is C54H71F3N10O7S. The van der Waals surface area contributed by atoms with E-state index >= 15 is 0 Å². The Morgan fingerprint density at radius 1 is 1.05 bits per heavy atom. The number of amides is 5. The number of carbonyl (C=O) groups is 5. The number of rotatable bonds is 11. The number of halogens is 3. The van der Waals surface area contributed by atoms with E-state index in [1.54, 1.807) is 55.4 Å². The van der Waals surface area contributed by atoms with Crippen molar-refractivity contribution in [3.05, 3.63) is 70.3 Å². The summed E-state index contributed by atoms with van der Waals surface area (Å²) in [6.07, 6.45) is 2.32. The Kier molecular flexibility index (Phi) is 16.5. The summed E-state index contributed by atoms with van der Waals surface area (Å²) >= 11 is 1.27. The third-order valence-corrected chi connectivity index (χ3v) is 15.9. The van der Waals surface area contributed by atoms with Gasteiger partial charge in [0.25, 0.3) is 5.91 Å². The number of nitrogens with zero attached hydrogens (tertiary/aromatic N) is 8. The molecule has 4 atom stereocenters. The highest BCUT2D eigenvalue weighted by atomic mass is 32.1. The number of hydrazine groups is 1. The van der Waals surface area contributed by atoms with Gasteiger partial charge in [-0.05, 0) is 88.9 Å². The standard InChI is InChI=1S/C54H71F3N10O7S/c1-33(2)46(63(8)51(72)64-23-18-53(19-24-64)29-65(30-53)44(68)15-12-21-62(6)7)48(69)60-40-26-43-59-41(28-75-43)35-16-17-42-37(25-35)38(27-52(4,5)32-74-50(71)39-14-11-22-67(61-39)49(40)70)47(66(42)31-54(55,56)57)36-13-10-20-58-45(36)34(3)73-9/h10,12-13,15-17,20,25,28,33-34,39-40,46,61H,11,14,18-19,21-24,26-27,29-32H2,1-9H3,(H,60,69)/b15-12+/t34-,39-,40-,46-/m0/s1.